The SMILES string of the molecule is C[C@@H](OC(=O)c1cnn(Cc2ccccc2)c1)C(=O)c1ccc2c(c1)NC(=O)CO2. The van der Waals surface area contributed by atoms with Crippen molar-refractivity contribution in [3.05, 3.63) is 77.6 Å². The van der Waals surface area contributed by atoms with Crippen LogP contribution < -0.4 is 10.1 Å². The molecule has 4 rings (SSSR count). The van der Waals surface area contributed by atoms with Gasteiger partial charge in [0, 0.05) is 11.8 Å². The summed E-state index contributed by atoms with van der Waals surface area (Å²) >= 11 is 0. The van der Waals surface area contributed by atoms with Crippen LogP contribution >= 0.6 is 0 Å². The number of benzene rings is 2. The first-order chi connectivity index (χ1) is 14.5. The van der Waals surface area contributed by atoms with Crippen LogP contribution in [0.25, 0.3) is 0 Å². The van der Waals surface area contributed by atoms with Crippen molar-refractivity contribution in [2.45, 2.75) is 19.6 Å². The molecule has 0 aliphatic carbocycles. The van der Waals surface area contributed by atoms with Crippen LogP contribution in [-0.4, -0.2) is 40.2 Å². The summed E-state index contributed by atoms with van der Waals surface area (Å²) in [6.07, 6.45) is 1.99. The Bertz CT molecular complexity index is 1110. The van der Waals surface area contributed by atoms with E-state index in [-0.39, 0.29) is 23.9 Å². The lowest BCUT2D eigenvalue weighted by atomic mass is 10.1. The topological polar surface area (TPSA) is 99.5 Å². The van der Waals surface area contributed by atoms with Crippen molar-refractivity contribution in [1.82, 2.24) is 9.78 Å². The van der Waals surface area contributed by atoms with Gasteiger partial charge in [0.15, 0.2) is 12.7 Å². The molecule has 1 amide bonds. The number of nitrogens with one attached hydrogen (secondary N) is 1. The molecule has 30 heavy (non-hydrogen) atoms. The van der Waals surface area contributed by atoms with Gasteiger partial charge in [-0.1, -0.05) is 30.3 Å². The molecule has 0 saturated carbocycles. The third-order valence-electron chi connectivity index (χ3n) is 4.61. The number of hydrogen-bond acceptors (Lipinski definition) is 6. The summed E-state index contributed by atoms with van der Waals surface area (Å²) in [6, 6.07) is 14.4. The van der Waals surface area contributed by atoms with Crippen LogP contribution in [0, 0.1) is 0 Å². The Labute approximate surface area is 172 Å². The minimum Gasteiger partial charge on any atom is -0.482 e. The molecule has 0 fully saturated rings. The van der Waals surface area contributed by atoms with Crippen molar-refractivity contribution in [3.8, 4) is 5.75 Å². The standard InChI is InChI=1S/C22H19N3O5/c1-14(21(27)16-7-8-19-18(9-16)24-20(26)13-29-19)30-22(28)17-10-23-25(12-17)11-15-5-3-2-4-6-15/h2-10,12,14H,11,13H2,1H3,(H,24,26)/t14-/m1/s1. The molecule has 2 aromatic carbocycles. The number of esters is 1. The normalized spacial score (nSPS) is 13.6. The van der Waals surface area contributed by atoms with Crippen molar-refractivity contribution in [2.24, 2.45) is 0 Å². The first-order valence-corrected chi connectivity index (χ1v) is 9.38. The van der Waals surface area contributed by atoms with E-state index in [0.29, 0.717) is 23.5 Å². The fraction of sp³-hybridized carbons (Fsp3) is 0.182. The first-order valence-electron chi connectivity index (χ1n) is 9.38. The van der Waals surface area contributed by atoms with E-state index in [1.165, 1.54) is 19.2 Å². The molecule has 0 radical (unpaired) electrons. The molecule has 1 aliphatic heterocycles. The average molecular weight is 405 g/mol. The second-order valence-corrected chi connectivity index (χ2v) is 6.87. The summed E-state index contributed by atoms with van der Waals surface area (Å²) in [6.45, 7) is 1.96. The number of anilines is 1. The predicted molar refractivity (Wildman–Crippen MR) is 108 cm³/mol. The Morgan fingerprint density at radius 3 is 2.80 bits per heavy atom. The van der Waals surface area contributed by atoms with Crippen LogP contribution in [0.4, 0.5) is 5.69 Å². The smallest absolute Gasteiger partial charge is 0.342 e. The number of rotatable bonds is 6. The molecule has 0 unspecified atom stereocenters. The number of amides is 1. The minimum absolute atomic E-state index is 0.0632. The summed E-state index contributed by atoms with van der Waals surface area (Å²) in [7, 11) is 0. The number of fused-ring (bicyclic) bond motifs is 1. The van der Waals surface area contributed by atoms with E-state index in [1.54, 1.807) is 23.0 Å². The van der Waals surface area contributed by atoms with Gasteiger partial charge in [0.1, 0.15) is 5.75 Å². The number of Topliss-reactive ketones (excluding diaryl/α,β-unsaturated/α-hetero) is 1. The van der Waals surface area contributed by atoms with Crippen molar-refractivity contribution < 1.29 is 23.9 Å². The van der Waals surface area contributed by atoms with Gasteiger partial charge in [-0.05, 0) is 30.7 Å². The van der Waals surface area contributed by atoms with E-state index in [1.807, 2.05) is 30.3 Å². The Hall–Kier alpha value is -3.94. The van der Waals surface area contributed by atoms with E-state index in [9.17, 15) is 14.4 Å². The molecule has 8 nitrogen and oxygen atoms in total. The van der Waals surface area contributed by atoms with E-state index >= 15 is 0 Å². The number of ether oxygens (including phenoxy) is 2. The average Bonchev–Trinajstić information content (AvgIpc) is 3.22. The highest BCUT2D eigenvalue weighted by molar-refractivity contribution is 6.03. The van der Waals surface area contributed by atoms with Crippen molar-refractivity contribution in [3.63, 3.8) is 0 Å². The highest BCUT2D eigenvalue weighted by atomic mass is 16.5. The van der Waals surface area contributed by atoms with Gasteiger partial charge in [0.05, 0.1) is 24.0 Å². The highest BCUT2D eigenvalue weighted by Gasteiger charge is 2.24. The lowest BCUT2D eigenvalue weighted by molar-refractivity contribution is -0.118. The van der Waals surface area contributed by atoms with Gasteiger partial charge in [-0.15, -0.1) is 0 Å². The van der Waals surface area contributed by atoms with Crippen molar-refractivity contribution in [1.29, 1.82) is 0 Å². The number of carbonyl (C=O) groups is 3. The van der Waals surface area contributed by atoms with E-state index in [0.717, 1.165) is 5.56 Å². The van der Waals surface area contributed by atoms with Gasteiger partial charge in [-0.25, -0.2) is 4.79 Å². The zero-order valence-electron chi connectivity index (χ0n) is 16.2. The molecular weight excluding hydrogens is 386 g/mol. The zero-order chi connectivity index (χ0) is 21.1. The summed E-state index contributed by atoms with van der Waals surface area (Å²) in [4.78, 5) is 36.6. The number of ketones is 1. The Kier molecular flexibility index (Phi) is 5.30. The molecule has 3 aromatic rings. The molecule has 2 heterocycles. The monoisotopic (exact) mass is 405 g/mol. The molecule has 0 saturated heterocycles. The lowest BCUT2D eigenvalue weighted by Gasteiger charge is -2.19. The summed E-state index contributed by atoms with van der Waals surface area (Å²) in [5.41, 5.74) is 2.03. The van der Waals surface area contributed by atoms with Crippen molar-refractivity contribution >= 4 is 23.3 Å². The molecule has 0 bridgehead atoms. The van der Waals surface area contributed by atoms with E-state index in [2.05, 4.69) is 10.4 Å². The maximum absolute atomic E-state index is 12.7. The first kappa shape index (κ1) is 19.4. The van der Waals surface area contributed by atoms with Gasteiger partial charge >= 0.3 is 5.97 Å². The molecule has 1 aromatic heterocycles. The van der Waals surface area contributed by atoms with Gasteiger partial charge in [-0.3, -0.25) is 14.3 Å². The van der Waals surface area contributed by atoms with Crippen LogP contribution in [0.3, 0.4) is 0 Å². The molecule has 1 N–H and O–H groups in total. The number of aromatic nitrogens is 2. The van der Waals surface area contributed by atoms with E-state index in [4.69, 9.17) is 9.47 Å². The minimum atomic E-state index is -1.01. The molecular formula is C22H19N3O5. The fourth-order valence-corrected chi connectivity index (χ4v) is 3.08. The van der Waals surface area contributed by atoms with Crippen LogP contribution in [0.5, 0.6) is 5.75 Å². The lowest BCUT2D eigenvalue weighted by Crippen LogP contribution is -2.27. The maximum atomic E-state index is 12.7. The third-order valence-corrected chi connectivity index (χ3v) is 4.61. The maximum Gasteiger partial charge on any atom is 0.342 e. The zero-order valence-corrected chi connectivity index (χ0v) is 16.2. The third kappa shape index (κ3) is 4.22. The van der Waals surface area contributed by atoms with Gasteiger partial charge < -0.3 is 14.8 Å². The highest BCUT2D eigenvalue weighted by Crippen LogP contribution is 2.29. The quantitative estimate of drug-likeness (QED) is 0.500. The number of hydrogen-bond donors (Lipinski definition) is 1. The molecule has 0 spiro atoms. The predicted octanol–water partition coefficient (Wildman–Crippen LogP) is 2.69. The van der Waals surface area contributed by atoms with Crippen LogP contribution in [0.2, 0.25) is 0 Å². The number of carbonyl (C=O) groups excluding carboxylic acids is 3. The van der Waals surface area contributed by atoms with Gasteiger partial charge in [0.2, 0.25) is 5.78 Å². The second kappa shape index (κ2) is 8.20. The van der Waals surface area contributed by atoms with Gasteiger partial charge in [0.25, 0.3) is 5.91 Å². The van der Waals surface area contributed by atoms with Crippen LogP contribution in [-0.2, 0) is 16.1 Å². The molecule has 1 aliphatic rings. The summed E-state index contributed by atoms with van der Waals surface area (Å²) < 4.78 is 12.2. The fourth-order valence-electron chi connectivity index (χ4n) is 3.08. The Morgan fingerprint density at radius 2 is 2.00 bits per heavy atom. The summed E-state index contributed by atoms with van der Waals surface area (Å²) in [5, 5.41) is 6.82. The van der Waals surface area contributed by atoms with Crippen LogP contribution in [0.1, 0.15) is 33.2 Å². The van der Waals surface area contributed by atoms with Gasteiger partial charge in [-0.2, -0.15) is 5.10 Å². The second-order valence-electron chi connectivity index (χ2n) is 6.87. The largest absolute Gasteiger partial charge is 0.482 e. The Morgan fingerprint density at radius 1 is 1.20 bits per heavy atom. The molecule has 1 atom stereocenters. The molecule has 152 valence electrons. The van der Waals surface area contributed by atoms with E-state index < -0.39 is 12.1 Å². The summed E-state index contributed by atoms with van der Waals surface area (Å²) in [5.74, 6) is -0.826. The van der Waals surface area contributed by atoms with Crippen molar-refractivity contribution in [2.75, 3.05) is 11.9 Å². The van der Waals surface area contributed by atoms with Crippen LogP contribution in [0.15, 0.2) is 60.9 Å². The number of nitrogens with zero attached hydrogens (tertiary/aromatic N) is 2. The molecule has 8 heteroatoms. The Balaban J connectivity index is 1.40.